The van der Waals surface area contributed by atoms with Crippen molar-refractivity contribution in [2.45, 2.75) is 24.9 Å². The van der Waals surface area contributed by atoms with Gasteiger partial charge < -0.3 is 9.64 Å². The van der Waals surface area contributed by atoms with E-state index in [1.807, 2.05) is 0 Å². The summed E-state index contributed by atoms with van der Waals surface area (Å²) in [6.45, 7) is 1.97. The summed E-state index contributed by atoms with van der Waals surface area (Å²) < 4.78 is 5.98. The molecule has 1 N–H and O–H groups in total. The molecule has 1 aromatic rings. The molecule has 1 fully saturated rings. The Kier molecular flexibility index (Phi) is 2.04. The average Bonchev–Trinajstić information content (AvgIpc) is 2.71. The van der Waals surface area contributed by atoms with Crippen molar-refractivity contribution in [1.82, 2.24) is 15.1 Å². The first kappa shape index (κ1) is 9.84. The molecular formula is C11H15N3O2. The van der Waals surface area contributed by atoms with E-state index in [4.69, 9.17) is 4.74 Å². The molecule has 0 aliphatic carbocycles. The van der Waals surface area contributed by atoms with Crippen LogP contribution in [0.1, 0.15) is 29.8 Å². The standard InChI is InChI=1S/C11H15N3O2/c1-14-4-2-11(3-5-14)6-8(15)10-9(16-11)7-12-13-10/h7H,2-6H2,1H3,(H,12,13). The lowest BCUT2D eigenvalue weighted by molar-refractivity contribution is -0.00379. The van der Waals surface area contributed by atoms with Crippen LogP contribution in [0.25, 0.3) is 0 Å². The molecule has 0 radical (unpaired) electrons. The summed E-state index contributed by atoms with van der Waals surface area (Å²) in [5.74, 6) is 0.729. The lowest BCUT2D eigenvalue weighted by Crippen LogP contribution is -2.50. The molecule has 3 heterocycles. The summed E-state index contributed by atoms with van der Waals surface area (Å²) in [7, 11) is 2.10. The molecule has 2 aliphatic heterocycles. The summed E-state index contributed by atoms with van der Waals surface area (Å²) in [4.78, 5) is 14.2. The van der Waals surface area contributed by atoms with Crippen LogP contribution in [0.5, 0.6) is 5.75 Å². The fourth-order valence-electron chi connectivity index (χ4n) is 2.51. The number of likely N-dealkylation sites (tertiary alicyclic amines) is 1. The van der Waals surface area contributed by atoms with E-state index in [2.05, 4.69) is 22.1 Å². The molecule has 86 valence electrons. The van der Waals surface area contributed by atoms with Gasteiger partial charge in [0.1, 0.15) is 5.60 Å². The van der Waals surface area contributed by atoms with Gasteiger partial charge in [0.2, 0.25) is 0 Å². The van der Waals surface area contributed by atoms with Crippen LogP contribution >= 0.6 is 0 Å². The fraction of sp³-hybridized carbons (Fsp3) is 0.636. The van der Waals surface area contributed by atoms with Gasteiger partial charge in [-0.2, -0.15) is 5.10 Å². The third-order valence-corrected chi connectivity index (χ3v) is 3.58. The van der Waals surface area contributed by atoms with Gasteiger partial charge >= 0.3 is 0 Å². The molecule has 1 spiro atoms. The number of carbonyl (C=O) groups excluding carboxylic acids is 1. The number of ether oxygens (including phenoxy) is 1. The van der Waals surface area contributed by atoms with Crippen LogP contribution in [-0.2, 0) is 0 Å². The van der Waals surface area contributed by atoms with Gasteiger partial charge in [0.15, 0.2) is 17.2 Å². The van der Waals surface area contributed by atoms with Crippen molar-refractivity contribution in [1.29, 1.82) is 0 Å². The van der Waals surface area contributed by atoms with Crippen molar-refractivity contribution in [3.63, 3.8) is 0 Å². The second-order valence-electron chi connectivity index (χ2n) is 4.79. The van der Waals surface area contributed by atoms with Gasteiger partial charge in [0, 0.05) is 25.9 Å². The lowest BCUT2D eigenvalue weighted by atomic mass is 9.84. The highest BCUT2D eigenvalue weighted by molar-refractivity contribution is 5.98. The number of nitrogens with one attached hydrogen (secondary N) is 1. The van der Waals surface area contributed by atoms with Crippen LogP contribution in [0.4, 0.5) is 0 Å². The third kappa shape index (κ3) is 1.43. The summed E-state index contributed by atoms with van der Waals surface area (Å²) in [5, 5.41) is 6.62. The van der Waals surface area contributed by atoms with Crippen LogP contribution in [0, 0.1) is 0 Å². The highest BCUT2D eigenvalue weighted by Gasteiger charge is 2.43. The molecule has 0 aromatic carbocycles. The van der Waals surface area contributed by atoms with Gasteiger partial charge in [-0.1, -0.05) is 0 Å². The minimum atomic E-state index is -0.277. The Labute approximate surface area is 93.8 Å². The summed E-state index contributed by atoms with van der Waals surface area (Å²) >= 11 is 0. The lowest BCUT2D eigenvalue weighted by Gasteiger charge is -2.41. The Bertz CT molecular complexity index is 419. The maximum Gasteiger partial charge on any atom is 0.190 e. The van der Waals surface area contributed by atoms with Crippen LogP contribution in [-0.4, -0.2) is 46.6 Å². The van der Waals surface area contributed by atoms with E-state index in [-0.39, 0.29) is 11.4 Å². The van der Waals surface area contributed by atoms with Crippen molar-refractivity contribution in [2.75, 3.05) is 20.1 Å². The monoisotopic (exact) mass is 221 g/mol. The number of rotatable bonds is 0. The van der Waals surface area contributed by atoms with E-state index in [0.717, 1.165) is 25.9 Å². The molecule has 0 saturated carbocycles. The number of carbonyl (C=O) groups is 1. The summed E-state index contributed by atoms with van der Waals surface area (Å²) in [6, 6.07) is 0. The Morgan fingerprint density at radius 2 is 2.25 bits per heavy atom. The first-order valence-electron chi connectivity index (χ1n) is 5.63. The largest absolute Gasteiger partial charge is 0.483 e. The van der Waals surface area contributed by atoms with E-state index < -0.39 is 0 Å². The van der Waals surface area contributed by atoms with Crippen LogP contribution < -0.4 is 4.74 Å². The predicted molar refractivity (Wildman–Crippen MR) is 57.6 cm³/mol. The first-order valence-corrected chi connectivity index (χ1v) is 5.63. The number of Topliss-reactive ketones (excluding diaryl/α,β-unsaturated/α-hetero) is 1. The van der Waals surface area contributed by atoms with Gasteiger partial charge in [-0.05, 0) is 7.05 Å². The number of hydrogen-bond acceptors (Lipinski definition) is 4. The number of piperidine rings is 1. The smallest absolute Gasteiger partial charge is 0.190 e. The predicted octanol–water partition coefficient (Wildman–Crippen LogP) is 0.839. The Hall–Kier alpha value is -1.36. The second kappa shape index (κ2) is 3.31. The zero-order valence-corrected chi connectivity index (χ0v) is 9.32. The van der Waals surface area contributed by atoms with Gasteiger partial charge in [0.05, 0.1) is 12.6 Å². The first-order chi connectivity index (χ1) is 7.69. The molecule has 0 unspecified atom stereocenters. The van der Waals surface area contributed by atoms with Crippen molar-refractivity contribution >= 4 is 5.78 Å². The van der Waals surface area contributed by atoms with Crippen LogP contribution in [0.2, 0.25) is 0 Å². The number of aromatic amines is 1. The van der Waals surface area contributed by atoms with Gasteiger partial charge in [-0.25, -0.2) is 0 Å². The molecule has 1 saturated heterocycles. The molecular weight excluding hydrogens is 206 g/mol. The Balaban J connectivity index is 1.88. The van der Waals surface area contributed by atoms with Crippen molar-refractivity contribution in [2.24, 2.45) is 0 Å². The van der Waals surface area contributed by atoms with Gasteiger partial charge in [0.25, 0.3) is 0 Å². The minimum Gasteiger partial charge on any atom is -0.483 e. The molecule has 2 aliphatic rings. The highest BCUT2D eigenvalue weighted by Crippen LogP contribution is 2.37. The SMILES string of the molecule is CN1CCC2(CC1)CC(=O)c1n[nH]cc1O2. The zero-order chi connectivity index (χ0) is 11.2. The van der Waals surface area contributed by atoms with E-state index in [0.29, 0.717) is 17.9 Å². The maximum atomic E-state index is 11.9. The van der Waals surface area contributed by atoms with E-state index in [9.17, 15) is 4.79 Å². The van der Waals surface area contributed by atoms with E-state index in [1.165, 1.54) is 0 Å². The minimum absolute atomic E-state index is 0.104. The van der Waals surface area contributed by atoms with E-state index in [1.54, 1.807) is 6.20 Å². The number of nitrogens with zero attached hydrogens (tertiary/aromatic N) is 2. The number of H-pyrrole nitrogens is 1. The highest BCUT2D eigenvalue weighted by atomic mass is 16.5. The molecule has 5 heteroatoms. The van der Waals surface area contributed by atoms with Gasteiger partial charge in [-0.3, -0.25) is 9.89 Å². The normalized spacial score (nSPS) is 24.2. The average molecular weight is 221 g/mol. The molecule has 3 rings (SSSR count). The quantitative estimate of drug-likeness (QED) is 0.705. The Morgan fingerprint density at radius 3 is 3.00 bits per heavy atom. The van der Waals surface area contributed by atoms with Crippen molar-refractivity contribution < 1.29 is 9.53 Å². The Morgan fingerprint density at radius 1 is 1.50 bits per heavy atom. The molecule has 5 nitrogen and oxygen atoms in total. The third-order valence-electron chi connectivity index (χ3n) is 3.58. The number of ketones is 1. The van der Waals surface area contributed by atoms with Crippen molar-refractivity contribution in [3.05, 3.63) is 11.9 Å². The topological polar surface area (TPSA) is 58.2 Å². The fourth-order valence-corrected chi connectivity index (χ4v) is 2.51. The van der Waals surface area contributed by atoms with Gasteiger partial charge in [-0.15, -0.1) is 0 Å². The summed E-state index contributed by atoms with van der Waals surface area (Å²) in [6.07, 6.45) is 3.98. The maximum absolute atomic E-state index is 11.9. The van der Waals surface area contributed by atoms with Crippen LogP contribution in [0.15, 0.2) is 6.20 Å². The number of hydrogen-bond donors (Lipinski definition) is 1. The molecule has 0 atom stereocenters. The van der Waals surface area contributed by atoms with E-state index >= 15 is 0 Å². The summed E-state index contributed by atoms with van der Waals surface area (Å²) in [5.41, 5.74) is 0.185. The molecule has 16 heavy (non-hydrogen) atoms. The number of fused-ring (bicyclic) bond motifs is 1. The van der Waals surface area contributed by atoms with Crippen LogP contribution in [0.3, 0.4) is 0 Å². The molecule has 0 amide bonds. The molecule has 0 bridgehead atoms. The number of aromatic nitrogens is 2. The van der Waals surface area contributed by atoms with Crippen molar-refractivity contribution in [3.8, 4) is 5.75 Å². The molecule has 1 aromatic heterocycles. The zero-order valence-electron chi connectivity index (χ0n) is 9.32. The second-order valence-corrected chi connectivity index (χ2v) is 4.79.